The number of fused-ring (bicyclic) bond motifs is 1. The molecule has 0 fully saturated rings. The van der Waals surface area contributed by atoms with Crippen LogP contribution in [0.2, 0.25) is 0 Å². The predicted molar refractivity (Wildman–Crippen MR) is 117 cm³/mol. The van der Waals surface area contributed by atoms with Crippen LogP contribution < -0.4 is 10.9 Å². The minimum absolute atomic E-state index is 0.0352. The van der Waals surface area contributed by atoms with Crippen molar-refractivity contribution in [1.82, 2.24) is 24.7 Å². The Hall–Kier alpha value is -3.75. The number of nitrogens with one attached hydrogen (secondary N) is 1. The van der Waals surface area contributed by atoms with Gasteiger partial charge in [0.15, 0.2) is 5.82 Å². The zero-order chi connectivity index (χ0) is 22.3. The fourth-order valence-electron chi connectivity index (χ4n) is 3.42. The van der Waals surface area contributed by atoms with Crippen molar-refractivity contribution in [3.05, 3.63) is 63.4 Å². The standard InChI is InChI=1S/C22H24N6O3/c1-12(2)20-17-10-23-28(16-7-6-13(3)14(4)8-16)21(17)22(30)27(25-20)11-19(29)24-18-9-15(5)31-26-18/h6-10,12H,11H2,1-5H3,(H,24,26,29). The summed E-state index contributed by atoms with van der Waals surface area (Å²) in [5, 5.41) is 16.0. The molecule has 4 rings (SSSR count). The second-order valence-corrected chi connectivity index (χ2v) is 7.96. The second-order valence-electron chi connectivity index (χ2n) is 7.96. The molecular formula is C22H24N6O3. The van der Waals surface area contributed by atoms with E-state index in [0.717, 1.165) is 16.8 Å². The number of hydrogen-bond donors (Lipinski definition) is 1. The Morgan fingerprint density at radius 3 is 2.58 bits per heavy atom. The van der Waals surface area contributed by atoms with Crippen LogP contribution in [0.1, 0.15) is 42.3 Å². The molecule has 0 saturated heterocycles. The maximum atomic E-state index is 13.3. The Morgan fingerprint density at radius 2 is 1.94 bits per heavy atom. The summed E-state index contributed by atoms with van der Waals surface area (Å²) in [6.07, 6.45) is 1.66. The van der Waals surface area contributed by atoms with E-state index < -0.39 is 5.91 Å². The first-order valence-corrected chi connectivity index (χ1v) is 10.0. The lowest BCUT2D eigenvalue weighted by Crippen LogP contribution is -2.31. The molecule has 1 amide bonds. The maximum Gasteiger partial charge on any atom is 0.293 e. The summed E-state index contributed by atoms with van der Waals surface area (Å²) in [7, 11) is 0. The zero-order valence-electron chi connectivity index (χ0n) is 18.1. The molecule has 3 heterocycles. The van der Waals surface area contributed by atoms with Crippen LogP contribution in [-0.2, 0) is 11.3 Å². The number of amides is 1. The van der Waals surface area contributed by atoms with Gasteiger partial charge in [-0.2, -0.15) is 10.2 Å². The van der Waals surface area contributed by atoms with E-state index in [1.807, 2.05) is 45.9 Å². The van der Waals surface area contributed by atoms with E-state index in [4.69, 9.17) is 4.52 Å². The highest BCUT2D eigenvalue weighted by atomic mass is 16.5. The topological polar surface area (TPSA) is 108 Å². The van der Waals surface area contributed by atoms with E-state index in [1.54, 1.807) is 23.9 Å². The summed E-state index contributed by atoms with van der Waals surface area (Å²) >= 11 is 0. The van der Waals surface area contributed by atoms with Gasteiger partial charge in [0.2, 0.25) is 5.91 Å². The number of aromatic nitrogens is 5. The molecule has 0 saturated carbocycles. The van der Waals surface area contributed by atoms with E-state index in [-0.39, 0.29) is 18.0 Å². The first kappa shape index (κ1) is 20.5. The van der Waals surface area contributed by atoms with Crippen molar-refractivity contribution >= 4 is 22.6 Å². The number of nitrogens with zero attached hydrogens (tertiary/aromatic N) is 5. The van der Waals surface area contributed by atoms with Gasteiger partial charge in [-0.15, -0.1) is 0 Å². The normalized spacial score (nSPS) is 11.4. The number of carbonyl (C=O) groups excluding carboxylic acids is 1. The summed E-state index contributed by atoms with van der Waals surface area (Å²) < 4.78 is 7.76. The molecule has 0 radical (unpaired) electrons. The molecule has 9 heteroatoms. The third-order valence-corrected chi connectivity index (χ3v) is 5.18. The van der Waals surface area contributed by atoms with Crippen LogP contribution in [-0.4, -0.2) is 30.6 Å². The highest BCUT2D eigenvalue weighted by molar-refractivity contribution is 5.90. The van der Waals surface area contributed by atoms with E-state index >= 15 is 0 Å². The maximum absolute atomic E-state index is 13.3. The van der Waals surface area contributed by atoms with Crippen molar-refractivity contribution in [2.45, 2.75) is 47.1 Å². The van der Waals surface area contributed by atoms with Crippen molar-refractivity contribution in [3.8, 4) is 5.69 Å². The SMILES string of the molecule is Cc1cc(NC(=O)Cn2nc(C(C)C)c3cnn(-c4ccc(C)c(C)c4)c3c2=O)no1. The molecule has 0 bridgehead atoms. The van der Waals surface area contributed by atoms with Crippen molar-refractivity contribution in [2.24, 2.45) is 0 Å². The molecule has 0 unspecified atom stereocenters. The van der Waals surface area contributed by atoms with Gasteiger partial charge >= 0.3 is 0 Å². The second kappa shape index (κ2) is 7.82. The van der Waals surface area contributed by atoms with Crippen LogP contribution in [0.15, 0.2) is 39.8 Å². The van der Waals surface area contributed by atoms with E-state index in [0.29, 0.717) is 28.2 Å². The largest absolute Gasteiger partial charge is 0.360 e. The Morgan fingerprint density at radius 1 is 1.16 bits per heavy atom. The average molecular weight is 420 g/mol. The number of rotatable bonds is 5. The van der Waals surface area contributed by atoms with Crippen molar-refractivity contribution in [2.75, 3.05) is 5.32 Å². The lowest BCUT2D eigenvalue weighted by Gasteiger charge is -2.12. The summed E-state index contributed by atoms with van der Waals surface area (Å²) in [6, 6.07) is 7.51. The fourth-order valence-corrected chi connectivity index (χ4v) is 3.42. The molecular weight excluding hydrogens is 396 g/mol. The van der Waals surface area contributed by atoms with Gasteiger partial charge in [0.1, 0.15) is 17.8 Å². The highest BCUT2D eigenvalue weighted by Crippen LogP contribution is 2.24. The number of aryl methyl sites for hydroxylation is 3. The van der Waals surface area contributed by atoms with Gasteiger partial charge in [0.25, 0.3) is 5.56 Å². The summed E-state index contributed by atoms with van der Waals surface area (Å²) in [6.45, 7) is 9.50. The zero-order valence-corrected chi connectivity index (χ0v) is 18.1. The van der Waals surface area contributed by atoms with Crippen molar-refractivity contribution < 1.29 is 9.32 Å². The van der Waals surface area contributed by atoms with Gasteiger partial charge in [-0.05, 0) is 49.9 Å². The van der Waals surface area contributed by atoms with E-state index in [1.165, 1.54) is 4.68 Å². The predicted octanol–water partition coefficient (Wildman–Crippen LogP) is 3.26. The molecule has 0 spiro atoms. The number of anilines is 1. The monoisotopic (exact) mass is 420 g/mol. The molecule has 9 nitrogen and oxygen atoms in total. The van der Waals surface area contributed by atoms with Gasteiger partial charge in [-0.1, -0.05) is 25.1 Å². The quantitative estimate of drug-likeness (QED) is 0.531. The van der Waals surface area contributed by atoms with Gasteiger partial charge in [0, 0.05) is 11.5 Å². The Balaban J connectivity index is 1.80. The summed E-state index contributed by atoms with van der Waals surface area (Å²) in [4.78, 5) is 25.8. The lowest BCUT2D eigenvalue weighted by molar-refractivity contribution is -0.117. The molecule has 1 N–H and O–H groups in total. The van der Waals surface area contributed by atoms with Crippen LogP contribution in [0.25, 0.3) is 16.6 Å². The fraction of sp³-hybridized carbons (Fsp3) is 0.318. The number of hydrogen-bond acceptors (Lipinski definition) is 6. The van der Waals surface area contributed by atoms with Crippen molar-refractivity contribution in [1.29, 1.82) is 0 Å². The van der Waals surface area contributed by atoms with Crippen molar-refractivity contribution in [3.63, 3.8) is 0 Å². The Bertz CT molecular complexity index is 1350. The van der Waals surface area contributed by atoms with Crippen LogP contribution in [0.3, 0.4) is 0 Å². The van der Waals surface area contributed by atoms with Crippen LogP contribution >= 0.6 is 0 Å². The molecule has 4 aromatic rings. The minimum Gasteiger partial charge on any atom is -0.360 e. The molecule has 0 atom stereocenters. The Labute approximate surface area is 178 Å². The molecule has 0 aliphatic heterocycles. The molecule has 3 aromatic heterocycles. The third kappa shape index (κ3) is 3.86. The van der Waals surface area contributed by atoms with Gasteiger partial charge in [-0.25, -0.2) is 9.36 Å². The van der Waals surface area contributed by atoms with Crippen LogP contribution in [0.5, 0.6) is 0 Å². The van der Waals surface area contributed by atoms with Gasteiger partial charge < -0.3 is 9.84 Å². The van der Waals surface area contributed by atoms with E-state index in [2.05, 4.69) is 20.7 Å². The Kier molecular flexibility index (Phi) is 5.18. The molecule has 31 heavy (non-hydrogen) atoms. The van der Waals surface area contributed by atoms with Crippen LogP contribution in [0, 0.1) is 20.8 Å². The summed E-state index contributed by atoms with van der Waals surface area (Å²) in [5.74, 6) is 0.481. The number of benzene rings is 1. The molecule has 0 aliphatic rings. The minimum atomic E-state index is -0.422. The lowest BCUT2D eigenvalue weighted by atomic mass is 10.1. The highest BCUT2D eigenvalue weighted by Gasteiger charge is 2.20. The first-order chi connectivity index (χ1) is 14.7. The summed E-state index contributed by atoms with van der Waals surface area (Å²) in [5.41, 5.74) is 3.75. The first-order valence-electron chi connectivity index (χ1n) is 10.0. The third-order valence-electron chi connectivity index (χ3n) is 5.18. The molecule has 160 valence electrons. The number of carbonyl (C=O) groups is 1. The van der Waals surface area contributed by atoms with Gasteiger partial charge in [0.05, 0.1) is 17.6 Å². The van der Waals surface area contributed by atoms with Crippen LogP contribution in [0.4, 0.5) is 5.82 Å². The average Bonchev–Trinajstić information content (AvgIpc) is 3.32. The molecule has 0 aliphatic carbocycles. The smallest absolute Gasteiger partial charge is 0.293 e. The van der Waals surface area contributed by atoms with E-state index in [9.17, 15) is 9.59 Å². The van der Waals surface area contributed by atoms with Gasteiger partial charge in [-0.3, -0.25) is 9.59 Å². The molecule has 1 aromatic carbocycles.